The van der Waals surface area contributed by atoms with Crippen molar-refractivity contribution >= 4 is 11.6 Å². The average molecular weight is 205 g/mol. The fourth-order valence-electron chi connectivity index (χ4n) is 1.98. The second-order valence-corrected chi connectivity index (χ2v) is 3.91. The van der Waals surface area contributed by atoms with E-state index >= 15 is 0 Å². The number of hydrogen-bond donors (Lipinski definition) is 2. The van der Waals surface area contributed by atoms with Crippen LogP contribution < -0.4 is 5.32 Å². The molecule has 0 radical (unpaired) electrons. The molecule has 2 rings (SSSR count). The van der Waals surface area contributed by atoms with Gasteiger partial charge in [-0.15, -0.1) is 0 Å². The molecule has 1 amide bonds. The molecule has 1 atom stereocenters. The van der Waals surface area contributed by atoms with Crippen LogP contribution in [0.2, 0.25) is 0 Å². The zero-order chi connectivity index (χ0) is 10.7. The van der Waals surface area contributed by atoms with Gasteiger partial charge >= 0.3 is 0 Å². The van der Waals surface area contributed by atoms with E-state index < -0.39 is 0 Å². The first-order chi connectivity index (χ1) is 7.31. The van der Waals surface area contributed by atoms with Gasteiger partial charge in [0.2, 0.25) is 5.91 Å². The van der Waals surface area contributed by atoms with Gasteiger partial charge in [-0.05, 0) is 30.9 Å². The molecule has 15 heavy (non-hydrogen) atoms. The molecule has 1 heterocycles. The van der Waals surface area contributed by atoms with E-state index in [1.54, 1.807) is 0 Å². The summed E-state index contributed by atoms with van der Waals surface area (Å²) in [6.45, 7) is 0.158. The minimum Gasteiger partial charge on any atom is -0.396 e. The number of para-hydroxylation sites is 1. The Bertz CT molecular complexity index is 362. The minimum atomic E-state index is 0.0204. The lowest BCUT2D eigenvalue weighted by atomic mass is 9.90. The maximum atomic E-state index is 11.7. The van der Waals surface area contributed by atoms with Gasteiger partial charge in [0.25, 0.3) is 0 Å². The van der Waals surface area contributed by atoms with Crippen molar-refractivity contribution in [2.75, 3.05) is 11.9 Å². The van der Waals surface area contributed by atoms with Crippen molar-refractivity contribution in [3.63, 3.8) is 0 Å². The summed E-state index contributed by atoms with van der Waals surface area (Å²) in [5, 5.41) is 11.6. The van der Waals surface area contributed by atoms with Crippen LogP contribution in [0.5, 0.6) is 0 Å². The van der Waals surface area contributed by atoms with Crippen LogP contribution >= 0.6 is 0 Å². The fourth-order valence-corrected chi connectivity index (χ4v) is 1.98. The Morgan fingerprint density at radius 2 is 2.20 bits per heavy atom. The topological polar surface area (TPSA) is 49.3 Å². The highest BCUT2D eigenvalue weighted by atomic mass is 16.3. The summed E-state index contributed by atoms with van der Waals surface area (Å²) < 4.78 is 0. The summed E-state index contributed by atoms with van der Waals surface area (Å²) >= 11 is 0. The highest BCUT2D eigenvalue weighted by molar-refractivity contribution is 5.95. The molecule has 1 aromatic rings. The first kappa shape index (κ1) is 10.2. The first-order valence-corrected chi connectivity index (χ1v) is 5.31. The predicted octanol–water partition coefficient (Wildman–Crippen LogP) is 1.57. The molecule has 1 aliphatic rings. The fraction of sp³-hybridized carbons (Fsp3) is 0.417. The van der Waals surface area contributed by atoms with Gasteiger partial charge in [-0.25, -0.2) is 0 Å². The number of carbonyl (C=O) groups excluding carboxylic acids is 1. The molecule has 3 nitrogen and oxygen atoms in total. The van der Waals surface area contributed by atoms with Crippen molar-refractivity contribution in [2.24, 2.45) is 5.92 Å². The van der Waals surface area contributed by atoms with Crippen molar-refractivity contribution in [3.05, 3.63) is 29.8 Å². The zero-order valence-electron chi connectivity index (χ0n) is 8.57. The van der Waals surface area contributed by atoms with Gasteiger partial charge in [0, 0.05) is 18.2 Å². The molecule has 0 bridgehead atoms. The standard InChI is InChI=1S/C12H15NO2/c14-7-3-5-10-8-9-4-1-2-6-11(9)13-12(10)15/h1-2,4,6,10,14H,3,5,7-8H2,(H,13,15)/t10-/m0/s1. The van der Waals surface area contributed by atoms with Crippen molar-refractivity contribution in [1.82, 2.24) is 0 Å². The van der Waals surface area contributed by atoms with Crippen LogP contribution in [0.3, 0.4) is 0 Å². The number of aliphatic hydroxyl groups excluding tert-OH is 1. The lowest BCUT2D eigenvalue weighted by Crippen LogP contribution is -2.29. The van der Waals surface area contributed by atoms with Gasteiger partial charge in [0.05, 0.1) is 0 Å². The van der Waals surface area contributed by atoms with Crippen LogP contribution in [0.25, 0.3) is 0 Å². The van der Waals surface area contributed by atoms with Crippen LogP contribution in [0.4, 0.5) is 5.69 Å². The van der Waals surface area contributed by atoms with Crippen molar-refractivity contribution in [1.29, 1.82) is 0 Å². The molecule has 0 aliphatic carbocycles. The van der Waals surface area contributed by atoms with Gasteiger partial charge in [-0.1, -0.05) is 18.2 Å². The number of fused-ring (bicyclic) bond motifs is 1. The summed E-state index contributed by atoms with van der Waals surface area (Å²) in [5.41, 5.74) is 2.13. The van der Waals surface area contributed by atoms with Crippen LogP contribution in [-0.4, -0.2) is 17.6 Å². The van der Waals surface area contributed by atoms with E-state index in [9.17, 15) is 4.79 Å². The Morgan fingerprint density at radius 3 is 3.00 bits per heavy atom. The number of carbonyl (C=O) groups is 1. The molecular weight excluding hydrogens is 190 g/mol. The number of hydrogen-bond acceptors (Lipinski definition) is 2. The number of benzene rings is 1. The van der Waals surface area contributed by atoms with E-state index in [1.807, 2.05) is 24.3 Å². The molecule has 1 aliphatic heterocycles. The lowest BCUT2D eigenvalue weighted by Gasteiger charge is -2.24. The number of aliphatic hydroxyl groups is 1. The number of rotatable bonds is 3. The normalized spacial score (nSPS) is 19.5. The van der Waals surface area contributed by atoms with E-state index in [2.05, 4.69) is 5.32 Å². The second-order valence-electron chi connectivity index (χ2n) is 3.91. The monoisotopic (exact) mass is 205 g/mol. The van der Waals surface area contributed by atoms with Gasteiger partial charge in [-0.2, -0.15) is 0 Å². The second kappa shape index (κ2) is 4.45. The average Bonchev–Trinajstić information content (AvgIpc) is 2.26. The molecule has 0 aromatic heterocycles. The van der Waals surface area contributed by atoms with Gasteiger partial charge in [-0.3, -0.25) is 4.79 Å². The van der Waals surface area contributed by atoms with Crippen molar-refractivity contribution in [2.45, 2.75) is 19.3 Å². The molecule has 2 N–H and O–H groups in total. The van der Waals surface area contributed by atoms with Crippen LogP contribution in [0.15, 0.2) is 24.3 Å². The van der Waals surface area contributed by atoms with E-state index in [4.69, 9.17) is 5.11 Å². The Morgan fingerprint density at radius 1 is 1.40 bits per heavy atom. The minimum absolute atomic E-state index is 0.0204. The summed E-state index contributed by atoms with van der Waals surface area (Å²) in [6.07, 6.45) is 2.25. The predicted molar refractivity (Wildman–Crippen MR) is 58.6 cm³/mol. The van der Waals surface area contributed by atoms with Gasteiger partial charge in [0.15, 0.2) is 0 Å². The summed E-state index contributed by atoms with van der Waals surface area (Å²) in [7, 11) is 0. The number of anilines is 1. The Labute approximate surface area is 89.1 Å². The quantitative estimate of drug-likeness (QED) is 0.787. The number of amides is 1. The molecule has 80 valence electrons. The SMILES string of the molecule is O=C1Nc2ccccc2C[C@@H]1CCCO. The van der Waals surface area contributed by atoms with Gasteiger partial charge < -0.3 is 10.4 Å². The molecular formula is C12H15NO2. The van der Waals surface area contributed by atoms with Crippen molar-refractivity contribution in [3.8, 4) is 0 Å². The Hall–Kier alpha value is -1.35. The first-order valence-electron chi connectivity index (χ1n) is 5.31. The third-order valence-corrected chi connectivity index (χ3v) is 2.82. The molecule has 0 fully saturated rings. The zero-order valence-corrected chi connectivity index (χ0v) is 8.57. The van der Waals surface area contributed by atoms with Crippen LogP contribution in [0, 0.1) is 5.92 Å². The largest absolute Gasteiger partial charge is 0.396 e. The number of nitrogens with one attached hydrogen (secondary N) is 1. The molecule has 0 saturated heterocycles. The third kappa shape index (κ3) is 2.18. The highest BCUT2D eigenvalue weighted by Gasteiger charge is 2.24. The van der Waals surface area contributed by atoms with Gasteiger partial charge in [0.1, 0.15) is 0 Å². The molecule has 0 spiro atoms. The summed E-state index contributed by atoms with van der Waals surface area (Å²) in [5.74, 6) is 0.106. The maximum Gasteiger partial charge on any atom is 0.227 e. The van der Waals surface area contributed by atoms with Crippen LogP contribution in [0.1, 0.15) is 18.4 Å². The third-order valence-electron chi connectivity index (χ3n) is 2.82. The van der Waals surface area contributed by atoms with E-state index in [1.165, 1.54) is 5.56 Å². The molecule has 0 unspecified atom stereocenters. The Balaban J connectivity index is 2.11. The molecule has 1 aromatic carbocycles. The smallest absolute Gasteiger partial charge is 0.227 e. The van der Waals surface area contributed by atoms with Crippen LogP contribution in [-0.2, 0) is 11.2 Å². The van der Waals surface area contributed by atoms with E-state index in [0.717, 1.165) is 18.5 Å². The Kier molecular flexibility index (Phi) is 3.02. The maximum absolute atomic E-state index is 11.7. The van der Waals surface area contributed by atoms with E-state index in [-0.39, 0.29) is 18.4 Å². The highest BCUT2D eigenvalue weighted by Crippen LogP contribution is 2.27. The summed E-state index contributed by atoms with van der Waals surface area (Å²) in [4.78, 5) is 11.7. The van der Waals surface area contributed by atoms with E-state index in [0.29, 0.717) is 6.42 Å². The molecule has 3 heteroatoms. The van der Waals surface area contributed by atoms with Crippen molar-refractivity contribution < 1.29 is 9.90 Å². The molecule has 0 saturated carbocycles. The lowest BCUT2D eigenvalue weighted by molar-refractivity contribution is -0.120. The summed E-state index contributed by atoms with van der Waals surface area (Å²) in [6, 6.07) is 7.88.